The first-order chi connectivity index (χ1) is 16.5. The summed E-state index contributed by atoms with van der Waals surface area (Å²) in [5.74, 6) is -0.107. The average Bonchev–Trinajstić information content (AvgIpc) is 2.82. The van der Waals surface area contributed by atoms with Crippen molar-refractivity contribution in [1.29, 1.82) is 0 Å². The average molecular weight is 616 g/mol. The minimum Gasteiger partial charge on any atom is -0.497 e. The lowest BCUT2D eigenvalue weighted by Crippen LogP contribution is -2.53. The van der Waals surface area contributed by atoms with Gasteiger partial charge in [0.05, 0.1) is 19.1 Å². The van der Waals surface area contributed by atoms with Gasteiger partial charge in [-0.15, -0.1) is 0 Å². The van der Waals surface area contributed by atoms with Crippen LogP contribution < -0.4 is 14.4 Å². The fourth-order valence-electron chi connectivity index (χ4n) is 3.55. The molecule has 0 bridgehead atoms. The maximum Gasteiger partial charge on any atom is 0.244 e. The summed E-state index contributed by atoms with van der Waals surface area (Å²) >= 11 is 2.13. The summed E-state index contributed by atoms with van der Waals surface area (Å²) in [6, 6.07) is 13.3. The first-order valence-electron chi connectivity index (χ1n) is 11.5. The lowest BCUT2D eigenvalue weighted by atomic mass is 10.1. The van der Waals surface area contributed by atoms with Crippen molar-refractivity contribution in [3.05, 3.63) is 57.7 Å². The van der Waals surface area contributed by atoms with E-state index in [4.69, 9.17) is 4.74 Å². The van der Waals surface area contributed by atoms with Crippen LogP contribution in [0.2, 0.25) is 0 Å². The Kier molecular flexibility index (Phi) is 10.8. The van der Waals surface area contributed by atoms with E-state index in [9.17, 15) is 18.0 Å². The number of sulfonamides is 1. The van der Waals surface area contributed by atoms with Gasteiger partial charge < -0.3 is 15.0 Å². The summed E-state index contributed by atoms with van der Waals surface area (Å²) in [6.45, 7) is 5.42. The zero-order chi connectivity index (χ0) is 26.2. The van der Waals surface area contributed by atoms with Gasteiger partial charge in [-0.2, -0.15) is 0 Å². The van der Waals surface area contributed by atoms with Crippen LogP contribution in [-0.2, 0) is 26.2 Å². The highest BCUT2D eigenvalue weighted by Crippen LogP contribution is 2.22. The van der Waals surface area contributed by atoms with Crippen molar-refractivity contribution in [2.24, 2.45) is 0 Å². The van der Waals surface area contributed by atoms with Crippen LogP contribution in [0.15, 0.2) is 48.5 Å². The second-order valence-electron chi connectivity index (χ2n) is 8.36. The monoisotopic (exact) mass is 615 g/mol. The number of rotatable bonds is 12. The van der Waals surface area contributed by atoms with E-state index in [2.05, 4.69) is 27.9 Å². The van der Waals surface area contributed by atoms with E-state index >= 15 is 0 Å². The SMILES string of the molecule is CC[C@H](C)NC(=O)[C@H](CC)N(Cc1cccc(OC)c1)C(=O)CN(c1ccc(I)cc1)S(C)(=O)=O. The minimum atomic E-state index is -3.76. The van der Waals surface area contributed by atoms with Gasteiger partial charge in [0.25, 0.3) is 0 Å². The molecule has 0 saturated carbocycles. The second kappa shape index (κ2) is 13.1. The fourth-order valence-corrected chi connectivity index (χ4v) is 4.76. The number of amides is 2. The molecule has 1 N–H and O–H groups in total. The van der Waals surface area contributed by atoms with Crippen LogP contribution >= 0.6 is 22.6 Å². The van der Waals surface area contributed by atoms with Crippen molar-refractivity contribution in [1.82, 2.24) is 10.2 Å². The van der Waals surface area contributed by atoms with Crippen molar-refractivity contribution < 1.29 is 22.7 Å². The van der Waals surface area contributed by atoms with Crippen molar-refractivity contribution in [3.63, 3.8) is 0 Å². The lowest BCUT2D eigenvalue weighted by molar-refractivity contribution is -0.140. The first kappa shape index (κ1) is 28.9. The van der Waals surface area contributed by atoms with Crippen LogP contribution in [0.5, 0.6) is 5.75 Å². The standard InChI is InChI=1S/C25H34IN3O5S/c1-6-18(3)27-25(31)23(7-2)28(16-19-9-8-10-22(15-19)34-4)24(30)17-29(35(5,32)33)21-13-11-20(26)12-14-21/h8-15,18,23H,6-7,16-17H2,1-5H3,(H,27,31)/t18-,23-/m0/s1. The van der Waals surface area contributed by atoms with Crippen LogP contribution in [0.4, 0.5) is 5.69 Å². The Morgan fingerprint density at radius 2 is 1.74 bits per heavy atom. The molecule has 0 aliphatic heterocycles. The summed E-state index contributed by atoms with van der Waals surface area (Å²) in [5.41, 5.74) is 1.16. The molecule has 0 saturated heterocycles. The number of carbonyl (C=O) groups is 2. The summed E-state index contributed by atoms with van der Waals surface area (Å²) in [4.78, 5) is 28.3. The number of nitrogens with one attached hydrogen (secondary N) is 1. The van der Waals surface area contributed by atoms with Gasteiger partial charge in [-0.25, -0.2) is 8.42 Å². The molecule has 0 radical (unpaired) electrons. The molecule has 8 nitrogen and oxygen atoms in total. The molecule has 2 atom stereocenters. The van der Waals surface area contributed by atoms with Crippen molar-refractivity contribution in [3.8, 4) is 5.75 Å². The molecule has 2 rings (SSSR count). The molecule has 0 heterocycles. The van der Waals surface area contributed by atoms with E-state index in [1.54, 1.807) is 43.5 Å². The number of carbonyl (C=O) groups excluding carboxylic acids is 2. The first-order valence-corrected chi connectivity index (χ1v) is 14.4. The summed E-state index contributed by atoms with van der Waals surface area (Å²) in [5, 5.41) is 2.96. The Bertz CT molecular complexity index is 1110. The Labute approximate surface area is 222 Å². The quantitative estimate of drug-likeness (QED) is 0.367. The van der Waals surface area contributed by atoms with Gasteiger partial charge in [-0.3, -0.25) is 13.9 Å². The Hall–Kier alpha value is -2.34. The van der Waals surface area contributed by atoms with Crippen LogP contribution in [0, 0.1) is 3.57 Å². The van der Waals surface area contributed by atoms with Crippen LogP contribution in [0.1, 0.15) is 39.2 Å². The van der Waals surface area contributed by atoms with E-state index in [0.29, 0.717) is 17.9 Å². The highest BCUT2D eigenvalue weighted by molar-refractivity contribution is 14.1. The normalized spacial score (nSPS) is 13.0. The zero-order valence-corrected chi connectivity index (χ0v) is 23.8. The number of ether oxygens (including phenoxy) is 1. The summed E-state index contributed by atoms with van der Waals surface area (Å²) in [7, 11) is -2.20. The highest BCUT2D eigenvalue weighted by Gasteiger charge is 2.32. The van der Waals surface area contributed by atoms with Crippen LogP contribution in [0.25, 0.3) is 0 Å². The molecule has 0 spiro atoms. The molecule has 2 aromatic carbocycles. The summed E-state index contributed by atoms with van der Waals surface area (Å²) < 4.78 is 32.6. The molecule has 0 aromatic heterocycles. The fraction of sp³-hybridized carbons (Fsp3) is 0.440. The molecule has 0 fully saturated rings. The molecular weight excluding hydrogens is 581 g/mol. The van der Waals surface area contributed by atoms with E-state index in [-0.39, 0.29) is 18.5 Å². The predicted octanol–water partition coefficient (Wildman–Crippen LogP) is 3.79. The third kappa shape index (κ3) is 8.38. The topological polar surface area (TPSA) is 96.0 Å². The Morgan fingerprint density at radius 3 is 2.29 bits per heavy atom. The maximum absolute atomic E-state index is 13.7. The maximum atomic E-state index is 13.7. The van der Waals surface area contributed by atoms with E-state index in [1.807, 2.05) is 32.9 Å². The van der Waals surface area contributed by atoms with Gasteiger partial charge in [0.1, 0.15) is 18.3 Å². The number of benzene rings is 2. The van der Waals surface area contributed by atoms with Crippen molar-refractivity contribution >= 4 is 50.1 Å². The summed E-state index contributed by atoms with van der Waals surface area (Å²) in [6.07, 6.45) is 2.19. The largest absolute Gasteiger partial charge is 0.497 e. The number of halogens is 1. The van der Waals surface area contributed by atoms with Gasteiger partial charge in [0.15, 0.2) is 0 Å². The van der Waals surface area contributed by atoms with Gasteiger partial charge in [0.2, 0.25) is 21.8 Å². The van der Waals surface area contributed by atoms with E-state index < -0.39 is 28.5 Å². The Balaban J connectivity index is 2.44. The molecule has 192 valence electrons. The molecule has 35 heavy (non-hydrogen) atoms. The smallest absolute Gasteiger partial charge is 0.244 e. The van der Waals surface area contributed by atoms with Crippen molar-refractivity contribution in [2.75, 3.05) is 24.2 Å². The molecule has 0 aliphatic carbocycles. The molecular formula is C25H34IN3O5S. The Morgan fingerprint density at radius 1 is 1.09 bits per heavy atom. The number of methoxy groups -OCH3 is 1. The van der Waals surface area contributed by atoms with Gasteiger partial charge in [0, 0.05) is 16.2 Å². The highest BCUT2D eigenvalue weighted by atomic mass is 127. The minimum absolute atomic E-state index is 0.0513. The molecule has 0 unspecified atom stereocenters. The van der Waals surface area contributed by atoms with Crippen LogP contribution in [0.3, 0.4) is 0 Å². The van der Waals surface area contributed by atoms with Crippen molar-refractivity contribution in [2.45, 2.75) is 52.2 Å². The predicted molar refractivity (Wildman–Crippen MR) is 147 cm³/mol. The molecule has 2 aromatic rings. The number of anilines is 1. The third-order valence-corrected chi connectivity index (χ3v) is 7.53. The van der Waals surface area contributed by atoms with Gasteiger partial charge in [-0.1, -0.05) is 26.0 Å². The second-order valence-corrected chi connectivity index (χ2v) is 11.5. The number of hydrogen-bond acceptors (Lipinski definition) is 5. The number of nitrogens with zero attached hydrogens (tertiary/aromatic N) is 2. The molecule has 10 heteroatoms. The van der Waals surface area contributed by atoms with E-state index in [1.165, 1.54) is 4.90 Å². The number of hydrogen-bond donors (Lipinski definition) is 1. The third-order valence-electron chi connectivity index (χ3n) is 5.67. The van der Waals surface area contributed by atoms with Gasteiger partial charge >= 0.3 is 0 Å². The lowest BCUT2D eigenvalue weighted by Gasteiger charge is -2.33. The molecule has 2 amide bonds. The molecule has 0 aliphatic rings. The zero-order valence-electron chi connectivity index (χ0n) is 20.8. The van der Waals surface area contributed by atoms with Crippen LogP contribution in [-0.4, -0.2) is 57.1 Å². The van der Waals surface area contributed by atoms with Gasteiger partial charge in [-0.05, 0) is 84.3 Å². The van der Waals surface area contributed by atoms with E-state index in [0.717, 1.165) is 26.1 Å².